The Morgan fingerprint density at radius 3 is 1.71 bits per heavy atom. The van der Waals surface area contributed by atoms with Gasteiger partial charge in [0.25, 0.3) is 5.56 Å². The Labute approximate surface area is 170 Å². The van der Waals surface area contributed by atoms with Crippen LogP contribution in [0.25, 0.3) is 0 Å². The van der Waals surface area contributed by atoms with Crippen molar-refractivity contribution < 1.29 is 31.4 Å². The lowest BCUT2D eigenvalue weighted by molar-refractivity contribution is 0.253. The van der Waals surface area contributed by atoms with Gasteiger partial charge in [-0.2, -0.15) is 0 Å². The highest BCUT2D eigenvalue weighted by Crippen LogP contribution is 2.26. The molecule has 0 aliphatic carbocycles. The van der Waals surface area contributed by atoms with Crippen molar-refractivity contribution in [2.24, 2.45) is 0 Å². The number of hydrogen-bond donors (Lipinski definition) is 1. The lowest BCUT2D eigenvalue weighted by Gasteiger charge is -2.16. The predicted octanol–water partition coefficient (Wildman–Crippen LogP) is 3.69. The maximum Gasteiger partial charge on any atom is 0.333 e. The third-order valence-corrected chi connectivity index (χ3v) is 4.58. The van der Waals surface area contributed by atoms with Crippen molar-refractivity contribution in [3.63, 3.8) is 0 Å². The van der Waals surface area contributed by atoms with Gasteiger partial charge < -0.3 is 5.11 Å². The van der Waals surface area contributed by atoms with Crippen molar-refractivity contribution in [3.8, 4) is 5.88 Å². The normalized spacial score (nSPS) is 13.2. The summed E-state index contributed by atoms with van der Waals surface area (Å²) in [4.78, 5) is 24.6. The van der Waals surface area contributed by atoms with Crippen molar-refractivity contribution in [2.75, 3.05) is 0 Å². The maximum absolute atomic E-state index is 14.5. The topological polar surface area (TPSA) is 64.2 Å². The molecule has 1 heterocycles. The van der Waals surface area contributed by atoms with E-state index in [1.54, 1.807) is 0 Å². The van der Waals surface area contributed by atoms with E-state index in [4.69, 9.17) is 0 Å². The highest BCUT2D eigenvalue weighted by molar-refractivity contribution is 5.23. The number of rotatable bonds is 6. The standard InChI is InChI=1S/C20H14F6N2O3/c21-12-5-1-3-10(18(12)25)14(23)8-27-16(29)7-17(30)28(20(27)31)9-15(24)11-4-2-6-13(22)19(11)26/h1-7,14-15,29H,8-9H2/t14-,15-/m0/s1. The van der Waals surface area contributed by atoms with Gasteiger partial charge in [0.1, 0.15) is 12.3 Å². The third-order valence-electron chi connectivity index (χ3n) is 4.58. The Morgan fingerprint density at radius 1 is 0.774 bits per heavy atom. The zero-order valence-electron chi connectivity index (χ0n) is 15.5. The van der Waals surface area contributed by atoms with Gasteiger partial charge in [-0.25, -0.2) is 31.1 Å². The molecule has 0 saturated heterocycles. The monoisotopic (exact) mass is 444 g/mol. The minimum absolute atomic E-state index is 0.239. The first kappa shape index (κ1) is 22.2. The Morgan fingerprint density at radius 2 is 1.23 bits per heavy atom. The Kier molecular flexibility index (Phi) is 6.23. The molecule has 0 bridgehead atoms. The van der Waals surface area contributed by atoms with Crippen molar-refractivity contribution in [2.45, 2.75) is 25.4 Å². The van der Waals surface area contributed by atoms with E-state index in [0.29, 0.717) is 10.6 Å². The second-order valence-corrected chi connectivity index (χ2v) is 6.57. The number of nitrogens with zero attached hydrogens (tertiary/aromatic N) is 2. The first-order valence-corrected chi connectivity index (χ1v) is 8.81. The van der Waals surface area contributed by atoms with Crippen LogP contribution in [0.5, 0.6) is 5.88 Å². The summed E-state index contributed by atoms with van der Waals surface area (Å²) in [5.74, 6) is -6.68. The molecule has 0 unspecified atom stereocenters. The number of benzene rings is 2. The Balaban J connectivity index is 1.96. The van der Waals surface area contributed by atoms with Gasteiger partial charge in [-0.1, -0.05) is 24.3 Å². The zero-order chi connectivity index (χ0) is 22.9. The lowest BCUT2D eigenvalue weighted by atomic mass is 10.1. The summed E-state index contributed by atoms with van der Waals surface area (Å²) in [6, 6.07) is 5.87. The zero-order valence-corrected chi connectivity index (χ0v) is 15.5. The van der Waals surface area contributed by atoms with Crippen LogP contribution in [0, 0.1) is 23.3 Å². The summed E-state index contributed by atoms with van der Waals surface area (Å²) in [5, 5.41) is 9.86. The molecule has 0 amide bonds. The van der Waals surface area contributed by atoms with Crippen LogP contribution in [0.3, 0.4) is 0 Å². The summed E-state index contributed by atoms with van der Waals surface area (Å²) < 4.78 is 83.8. The molecule has 0 aliphatic heterocycles. The molecule has 1 aromatic heterocycles. The van der Waals surface area contributed by atoms with Gasteiger partial charge in [-0.3, -0.25) is 13.9 Å². The average molecular weight is 444 g/mol. The minimum Gasteiger partial charge on any atom is -0.494 e. The van der Waals surface area contributed by atoms with Crippen LogP contribution >= 0.6 is 0 Å². The second kappa shape index (κ2) is 8.70. The molecular formula is C20H14F6N2O3. The summed E-state index contributed by atoms with van der Waals surface area (Å²) >= 11 is 0. The molecule has 0 fully saturated rings. The number of halogens is 6. The molecule has 1 N–H and O–H groups in total. The van der Waals surface area contributed by atoms with E-state index < -0.39 is 77.0 Å². The molecule has 2 aromatic carbocycles. The van der Waals surface area contributed by atoms with E-state index in [1.807, 2.05) is 0 Å². The molecule has 5 nitrogen and oxygen atoms in total. The molecule has 0 aliphatic rings. The number of alkyl halides is 2. The van der Waals surface area contributed by atoms with Gasteiger partial charge in [0.15, 0.2) is 23.3 Å². The quantitative estimate of drug-likeness (QED) is 0.590. The molecule has 3 aromatic rings. The average Bonchev–Trinajstić information content (AvgIpc) is 2.72. The van der Waals surface area contributed by atoms with Crippen LogP contribution in [0.15, 0.2) is 52.1 Å². The predicted molar refractivity (Wildman–Crippen MR) is 97.0 cm³/mol. The van der Waals surface area contributed by atoms with Gasteiger partial charge in [0, 0.05) is 11.1 Å². The van der Waals surface area contributed by atoms with Crippen LogP contribution in [0.1, 0.15) is 23.5 Å². The number of aromatic nitrogens is 2. The number of aromatic hydroxyl groups is 1. The van der Waals surface area contributed by atoms with Crippen molar-refractivity contribution in [3.05, 3.63) is 97.7 Å². The van der Waals surface area contributed by atoms with Crippen LogP contribution in [0.2, 0.25) is 0 Å². The van der Waals surface area contributed by atoms with Crippen LogP contribution in [0.4, 0.5) is 26.3 Å². The van der Waals surface area contributed by atoms with Crippen LogP contribution in [-0.2, 0) is 13.1 Å². The Bertz CT molecular complexity index is 1240. The van der Waals surface area contributed by atoms with E-state index in [-0.39, 0.29) is 4.57 Å². The fourth-order valence-corrected chi connectivity index (χ4v) is 2.99. The van der Waals surface area contributed by atoms with E-state index in [2.05, 4.69) is 0 Å². The van der Waals surface area contributed by atoms with Crippen molar-refractivity contribution in [1.29, 1.82) is 0 Å². The van der Waals surface area contributed by atoms with Gasteiger partial charge in [-0.15, -0.1) is 0 Å². The fraction of sp³-hybridized carbons (Fsp3) is 0.200. The van der Waals surface area contributed by atoms with E-state index in [1.165, 1.54) is 0 Å². The van der Waals surface area contributed by atoms with Crippen LogP contribution in [-0.4, -0.2) is 14.2 Å². The third kappa shape index (κ3) is 4.35. The lowest BCUT2D eigenvalue weighted by Crippen LogP contribution is -2.40. The number of hydrogen-bond acceptors (Lipinski definition) is 3. The van der Waals surface area contributed by atoms with E-state index in [0.717, 1.165) is 36.4 Å². The molecule has 0 saturated carbocycles. The summed E-state index contributed by atoms with van der Waals surface area (Å²) in [5.41, 5.74) is -4.07. The van der Waals surface area contributed by atoms with Gasteiger partial charge >= 0.3 is 5.69 Å². The molecule has 3 rings (SSSR count). The Hall–Kier alpha value is -3.50. The molecule has 31 heavy (non-hydrogen) atoms. The molecule has 164 valence electrons. The molecule has 2 atom stereocenters. The van der Waals surface area contributed by atoms with E-state index in [9.17, 15) is 41.0 Å². The first-order chi connectivity index (χ1) is 14.6. The first-order valence-electron chi connectivity index (χ1n) is 8.81. The maximum atomic E-state index is 14.5. The van der Waals surface area contributed by atoms with Crippen molar-refractivity contribution in [1.82, 2.24) is 9.13 Å². The highest BCUT2D eigenvalue weighted by atomic mass is 19.2. The smallest absolute Gasteiger partial charge is 0.333 e. The van der Waals surface area contributed by atoms with E-state index >= 15 is 0 Å². The highest BCUT2D eigenvalue weighted by Gasteiger charge is 2.24. The van der Waals surface area contributed by atoms with Gasteiger partial charge in [0.05, 0.1) is 19.2 Å². The molecule has 0 spiro atoms. The summed E-state index contributed by atoms with van der Waals surface area (Å²) in [6.07, 6.45) is -4.65. The SMILES string of the molecule is O=c1cc(O)n(C[C@H](F)c2cccc(F)c2F)c(=O)n1C[C@H](F)c1cccc(F)c1F. The molecule has 11 heteroatoms. The van der Waals surface area contributed by atoms with Crippen LogP contribution < -0.4 is 11.2 Å². The second-order valence-electron chi connectivity index (χ2n) is 6.57. The molecular weight excluding hydrogens is 430 g/mol. The molecule has 0 radical (unpaired) electrons. The fourth-order valence-electron chi connectivity index (χ4n) is 2.99. The summed E-state index contributed by atoms with van der Waals surface area (Å²) in [7, 11) is 0. The van der Waals surface area contributed by atoms with Gasteiger partial charge in [0.2, 0.25) is 5.88 Å². The largest absolute Gasteiger partial charge is 0.494 e. The van der Waals surface area contributed by atoms with Crippen molar-refractivity contribution >= 4 is 0 Å². The van der Waals surface area contributed by atoms with Gasteiger partial charge in [-0.05, 0) is 12.1 Å². The summed E-state index contributed by atoms with van der Waals surface area (Å²) in [6.45, 7) is -2.10. The minimum atomic E-state index is -2.33.